The molecule has 0 amide bonds. The molecule has 19 heavy (non-hydrogen) atoms. The largest absolute Gasteiger partial charge is 0.468 e. The number of hydrogen-bond acceptors (Lipinski definition) is 4. The van der Waals surface area contributed by atoms with Crippen molar-refractivity contribution in [2.24, 2.45) is 5.92 Å². The van der Waals surface area contributed by atoms with Gasteiger partial charge in [-0.2, -0.15) is 0 Å². The van der Waals surface area contributed by atoms with E-state index in [0.29, 0.717) is 5.92 Å². The molecule has 0 aromatic carbocycles. The van der Waals surface area contributed by atoms with Crippen molar-refractivity contribution in [3.8, 4) is 0 Å². The van der Waals surface area contributed by atoms with E-state index in [1.807, 2.05) is 0 Å². The van der Waals surface area contributed by atoms with Crippen molar-refractivity contribution < 1.29 is 9.53 Å². The van der Waals surface area contributed by atoms with Gasteiger partial charge >= 0.3 is 5.97 Å². The van der Waals surface area contributed by atoms with Gasteiger partial charge in [0.05, 0.1) is 7.11 Å². The molecule has 2 fully saturated rings. The van der Waals surface area contributed by atoms with E-state index < -0.39 is 0 Å². The summed E-state index contributed by atoms with van der Waals surface area (Å²) in [6.45, 7) is 6.23. The zero-order valence-electron chi connectivity index (χ0n) is 12.4. The summed E-state index contributed by atoms with van der Waals surface area (Å²) in [6.07, 6.45) is 6.72. The number of nitrogens with zero attached hydrogens (tertiary/aromatic N) is 1. The van der Waals surface area contributed by atoms with Crippen molar-refractivity contribution >= 4 is 5.97 Å². The number of carbonyl (C=O) groups is 1. The van der Waals surface area contributed by atoms with E-state index >= 15 is 0 Å². The minimum Gasteiger partial charge on any atom is -0.468 e. The molecule has 0 aromatic heterocycles. The van der Waals surface area contributed by atoms with Gasteiger partial charge < -0.3 is 10.1 Å². The van der Waals surface area contributed by atoms with Crippen molar-refractivity contribution in [1.82, 2.24) is 10.2 Å². The number of ether oxygens (including phenoxy) is 1. The molecule has 2 unspecified atom stereocenters. The summed E-state index contributed by atoms with van der Waals surface area (Å²) in [5, 5.41) is 3.43. The predicted octanol–water partition coefficient (Wildman–Crippen LogP) is 1.79. The standard InChI is InChI=1S/C15H28N2O2/c1-3-13-7-4-5-8-15(13,14(18)19-2)17-11-6-9-16-10-12-17/h13,16H,3-12H2,1-2H3. The van der Waals surface area contributed by atoms with Gasteiger partial charge in [-0.15, -0.1) is 0 Å². The van der Waals surface area contributed by atoms with Crippen LogP contribution in [-0.4, -0.2) is 49.7 Å². The molecule has 4 nitrogen and oxygen atoms in total. The minimum atomic E-state index is -0.353. The van der Waals surface area contributed by atoms with Gasteiger partial charge in [0, 0.05) is 19.6 Å². The van der Waals surface area contributed by atoms with Crippen LogP contribution in [0.15, 0.2) is 0 Å². The van der Waals surface area contributed by atoms with E-state index in [1.165, 1.54) is 6.42 Å². The summed E-state index contributed by atoms with van der Waals surface area (Å²) < 4.78 is 5.22. The molecular weight excluding hydrogens is 240 g/mol. The van der Waals surface area contributed by atoms with Gasteiger partial charge in [-0.3, -0.25) is 9.69 Å². The first-order valence-electron chi connectivity index (χ1n) is 7.80. The third-order valence-electron chi connectivity index (χ3n) is 4.97. The van der Waals surface area contributed by atoms with Crippen molar-refractivity contribution in [3.63, 3.8) is 0 Å². The second-order valence-electron chi connectivity index (χ2n) is 5.86. The van der Waals surface area contributed by atoms with Crippen LogP contribution in [0.3, 0.4) is 0 Å². The molecule has 1 saturated carbocycles. The first kappa shape index (κ1) is 14.8. The maximum Gasteiger partial charge on any atom is 0.326 e. The number of carbonyl (C=O) groups excluding carboxylic acids is 1. The number of methoxy groups -OCH3 is 1. The fourth-order valence-electron chi connectivity index (χ4n) is 4.01. The maximum atomic E-state index is 12.6. The van der Waals surface area contributed by atoms with Crippen molar-refractivity contribution in [2.75, 3.05) is 33.3 Å². The Morgan fingerprint density at radius 1 is 1.32 bits per heavy atom. The fraction of sp³-hybridized carbons (Fsp3) is 0.933. The lowest BCUT2D eigenvalue weighted by Gasteiger charge is -2.48. The number of hydrogen-bond donors (Lipinski definition) is 1. The quantitative estimate of drug-likeness (QED) is 0.793. The lowest BCUT2D eigenvalue weighted by Crippen LogP contribution is -2.61. The highest BCUT2D eigenvalue weighted by Gasteiger charge is 2.51. The summed E-state index contributed by atoms with van der Waals surface area (Å²) in [5.41, 5.74) is -0.353. The van der Waals surface area contributed by atoms with Gasteiger partial charge in [0.2, 0.25) is 0 Å². The minimum absolute atomic E-state index is 0.000880. The fourth-order valence-corrected chi connectivity index (χ4v) is 4.01. The van der Waals surface area contributed by atoms with Gasteiger partial charge in [0.25, 0.3) is 0 Å². The number of esters is 1. The van der Waals surface area contributed by atoms with Crippen LogP contribution in [0.2, 0.25) is 0 Å². The molecule has 0 radical (unpaired) electrons. The molecule has 1 N–H and O–H groups in total. The Morgan fingerprint density at radius 2 is 2.16 bits per heavy atom. The third-order valence-corrected chi connectivity index (χ3v) is 4.97. The van der Waals surface area contributed by atoms with Crippen LogP contribution >= 0.6 is 0 Å². The van der Waals surface area contributed by atoms with Crippen LogP contribution in [0.4, 0.5) is 0 Å². The lowest BCUT2D eigenvalue weighted by molar-refractivity contribution is -0.163. The Morgan fingerprint density at radius 3 is 2.89 bits per heavy atom. The van der Waals surface area contributed by atoms with Gasteiger partial charge in [-0.05, 0) is 31.7 Å². The molecule has 1 aliphatic heterocycles. The molecule has 110 valence electrons. The normalized spacial score (nSPS) is 33.7. The molecule has 1 heterocycles. The Hall–Kier alpha value is -0.610. The molecule has 4 heteroatoms. The van der Waals surface area contributed by atoms with Crippen LogP contribution in [0.5, 0.6) is 0 Å². The molecule has 0 spiro atoms. The summed E-state index contributed by atoms with van der Waals surface area (Å²) in [6, 6.07) is 0. The van der Waals surface area contributed by atoms with Gasteiger partial charge in [0.1, 0.15) is 5.54 Å². The Kier molecular flexibility index (Phi) is 5.22. The Labute approximate surface area is 116 Å². The Bertz CT molecular complexity index is 301. The summed E-state index contributed by atoms with van der Waals surface area (Å²) in [7, 11) is 1.54. The van der Waals surface area contributed by atoms with Gasteiger partial charge in [0.15, 0.2) is 0 Å². The maximum absolute atomic E-state index is 12.6. The highest BCUT2D eigenvalue weighted by molar-refractivity contribution is 5.81. The SMILES string of the molecule is CCC1CCCCC1(C(=O)OC)N1CCCNCC1. The Balaban J connectivity index is 2.28. The molecule has 1 aliphatic carbocycles. The average molecular weight is 268 g/mol. The number of nitrogens with one attached hydrogen (secondary N) is 1. The topological polar surface area (TPSA) is 41.6 Å². The molecule has 0 aromatic rings. The van der Waals surface area contributed by atoms with Crippen molar-refractivity contribution in [2.45, 2.75) is 51.0 Å². The summed E-state index contributed by atoms with van der Waals surface area (Å²) in [4.78, 5) is 15.0. The smallest absolute Gasteiger partial charge is 0.326 e. The van der Waals surface area contributed by atoms with Gasteiger partial charge in [-0.25, -0.2) is 0 Å². The summed E-state index contributed by atoms with van der Waals surface area (Å²) >= 11 is 0. The molecule has 2 atom stereocenters. The second kappa shape index (κ2) is 6.71. The zero-order chi connectivity index (χ0) is 13.7. The van der Waals surface area contributed by atoms with Crippen molar-refractivity contribution in [3.05, 3.63) is 0 Å². The second-order valence-corrected chi connectivity index (χ2v) is 5.86. The van der Waals surface area contributed by atoms with Crippen LogP contribution in [0.25, 0.3) is 0 Å². The van der Waals surface area contributed by atoms with E-state index in [2.05, 4.69) is 17.1 Å². The first-order valence-corrected chi connectivity index (χ1v) is 7.80. The van der Waals surface area contributed by atoms with E-state index in [9.17, 15) is 4.79 Å². The van der Waals surface area contributed by atoms with E-state index in [0.717, 1.165) is 58.3 Å². The van der Waals surface area contributed by atoms with E-state index in [1.54, 1.807) is 7.11 Å². The summed E-state index contributed by atoms with van der Waals surface area (Å²) in [5.74, 6) is 0.452. The van der Waals surface area contributed by atoms with E-state index in [-0.39, 0.29) is 11.5 Å². The lowest BCUT2D eigenvalue weighted by atomic mass is 9.70. The molecule has 2 rings (SSSR count). The highest BCUT2D eigenvalue weighted by atomic mass is 16.5. The monoisotopic (exact) mass is 268 g/mol. The predicted molar refractivity (Wildman–Crippen MR) is 76.1 cm³/mol. The van der Waals surface area contributed by atoms with Crippen LogP contribution < -0.4 is 5.32 Å². The van der Waals surface area contributed by atoms with Crippen molar-refractivity contribution in [1.29, 1.82) is 0 Å². The molecule has 0 bridgehead atoms. The molecular formula is C15H28N2O2. The average Bonchev–Trinajstić information content (AvgIpc) is 2.75. The van der Waals surface area contributed by atoms with E-state index in [4.69, 9.17) is 4.74 Å². The molecule has 1 saturated heterocycles. The number of rotatable bonds is 3. The first-order chi connectivity index (χ1) is 9.25. The van der Waals surface area contributed by atoms with Gasteiger partial charge in [-0.1, -0.05) is 26.2 Å². The molecule has 2 aliphatic rings. The third kappa shape index (κ3) is 2.79. The highest BCUT2D eigenvalue weighted by Crippen LogP contribution is 2.41. The van der Waals surface area contributed by atoms with Crippen LogP contribution in [0, 0.1) is 5.92 Å². The van der Waals surface area contributed by atoms with Crippen LogP contribution in [-0.2, 0) is 9.53 Å². The zero-order valence-corrected chi connectivity index (χ0v) is 12.4. The van der Waals surface area contributed by atoms with Crippen LogP contribution in [0.1, 0.15) is 45.4 Å².